The van der Waals surface area contributed by atoms with Crippen molar-refractivity contribution in [1.29, 1.82) is 0 Å². The maximum Gasteiger partial charge on any atom is 0.284 e. The van der Waals surface area contributed by atoms with Crippen molar-refractivity contribution in [3.63, 3.8) is 0 Å². The average molecular weight is 415 g/mol. The molecular weight excluding hydrogens is 405 g/mol. The Labute approximate surface area is 137 Å². The number of nitrogens with zero attached hydrogens (tertiary/aromatic N) is 2. The van der Waals surface area contributed by atoms with Crippen LogP contribution in [0.2, 0.25) is 0 Å². The number of anilines is 1. The zero-order valence-corrected chi connectivity index (χ0v) is 13.9. The summed E-state index contributed by atoms with van der Waals surface area (Å²) in [6.07, 6.45) is 6.63. The van der Waals surface area contributed by atoms with E-state index in [1.165, 1.54) is 12.3 Å². The lowest BCUT2D eigenvalue weighted by molar-refractivity contribution is 0.612. The molecule has 1 aromatic carbocycles. The van der Waals surface area contributed by atoms with Crippen molar-refractivity contribution in [2.24, 2.45) is 0 Å². The molecule has 21 heavy (non-hydrogen) atoms. The van der Waals surface area contributed by atoms with Crippen LogP contribution in [-0.2, 0) is 13.1 Å². The van der Waals surface area contributed by atoms with E-state index in [-0.39, 0.29) is 24.5 Å². The first-order valence-corrected chi connectivity index (χ1v) is 7.48. The lowest BCUT2D eigenvalue weighted by atomic mass is 10.2. The Balaban J connectivity index is 2.21. The largest absolute Gasteiger partial charge is 0.378 e. The highest BCUT2D eigenvalue weighted by Crippen LogP contribution is 2.20. The molecule has 1 heterocycles. The summed E-state index contributed by atoms with van der Waals surface area (Å²) >= 11 is 6.49. The fourth-order valence-corrected chi connectivity index (χ4v) is 2.51. The number of hydrogen-bond donors (Lipinski definition) is 1. The summed E-state index contributed by atoms with van der Waals surface area (Å²) in [7, 11) is 0. The van der Waals surface area contributed by atoms with Gasteiger partial charge in [-0.25, -0.2) is 9.07 Å². The van der Waals surface area contributed by atoms with Gasteiger partial charge in [0.1, 0.15) is 16.8 Å². The number of terminal acetylenes is 1. The van der Waals surface area contributed by atoms with Crippen molar-refractivity contribution >= 4 is 37.5 Å². The number of aromatic nitrogens is 2. The maximum absolute atomic E-state index is 13.6. The molecule has 0 saturated heterocycles. The van der Waals surface area contributed by atoms with E-state index >= 15 is 0 Å². The van der Waals surface area contributed by atoms with Gasteiger partial charge in [0.05, 0.1) is 11.9 Å². The van der Waals surface area contributed by atoms with Crippen LogP contribution in [0.5, 0.6) is 0 Å². The molecule has 0 saturated carbocycles. The minimum absolute atomic E-state index is 0.0952. The lowest BCUT2D eigenvalue weighted by Crippen LogP contribution is -2.24. The van der Waals surface area contributed by atoms with Gasteiger partial charge in [0.2, 0.25) is 0 Å². The summed E-state index contributed by atoms with van der Waals surface area (Å²) in [6.45, 7) is 0.322. The van der Waals surface area contributed by atoms with Gasteiger partial charge in [-0.3, -0.25) is 4.79 Å². The minimum atomic E-state index is -0.340. The van der Waals surface area contributed by atoms with Crippen molar-refractivity contribution in [2.75, 3.05) is 5.32 Å². The molecule has 0 aliphatic carbocycles. The van der Waals surface area contributed by atoms with Crippen molar-refractivity contribution in [2.45, 2.75) is 13.1 Å². The molecule has 0 fully saturated rings. The van der Waals surface area contributed by atoms with Gasteiger partial charge in [0, 0.05) is 16.6 Å². The van der Waals surface area contributed by atoms with Crippen LogP contribution in [0.1, 0.15) is 5.56 Å². The third-order valence-electron chi connectivity index (χ3n) is 2.70. The van der Waals surface area contributed by atoms with Crippen LogP contribution in [0.25, 0.3) is 0 Å². The molecule has 0 aliphatic rings. The molecule has 0 amide bonds. The smallest absolute Gasteiger partial charge is 0.284 e. The Morgan fingerprint density at radius 1 is 1.43 bits per heavy atom. The Morgan fingerprint density at radius 3 is 2.90 bits per heavy atom. The van der Waals surface area contributed by atoms with E-state index in [9.17, 15) is 9.18 Å². The number of rotatable bonds is 4. The lowest BCUT2D eigenvalue weighted by Gasteiger charge is -2.10. The summed E-state index contributed by atoms with van der Waals surface area (Å²) in [5.41, 5.74) is 0.615. The minimum Gasteiger partial charge on any atom is -0.378 e. The van der Waals surface area contributed by atoms with Crippen molar-refractivity contribution < 1.29 is 4.39 Å². The van der Waals surface area contributed by atoms with Crippen LogP contribution < -0.4 is 10.9 Å². The molecule has 1 aromatic heterocycles. The van der Waals surface area contributed by atoms with Crippen LogP contribution in [0.15, 0.2) is 38.1 Å². The predicted octanol–water partition coefficient (Wildman–Crippen LogP) is 3.15. The number of nitrogens with one attached hydrogen (secondary N) is 1. The third kappa shape index (κ3) is 3.71. The summed E-state index contributed by atoms with van der Waals surface area (Å²) in [6, 6.07) is 4.67. The molecule has 0 aliphatic heterocycles. The quantitative estimate of drug-likeness (QED) is 0.781. The molecule has 0 radical (unpaired) electrons. The first kappa shape index (κ1) is 15.7. The SMILES string of the molecule is C#CCn1ncc(NCc2cc(Br)ccc2F)c(Br)c1=O. The van der Waals surface area contributed by atoms with E-state index in [2.05, 4.69) is 48.2 Å². The van der Waals surface area contributed by atoms with E-state index in [1.54, 1.807) is 12.1 Å². The van der Waals surface area contributed by atoms with Gasteiger partial charge in [-0.05, 0) is 34.1 Å². The summed E-state index contributed by atoms with van der Waals surface area (Å²) in [5, 5.41) is 6.92. The summed E-state index contributed by atoms with van der Waals surface area (Å²) in [4.78, 5) is 11.9. The number of benzene rings is 1. The van der Waals surface area contributed by atoms with Crippen LogP contribution in [-0.4, -0.2) is 9.78 Å². The summed E-state index contributed by atoms with van der Waals surface area (Å²) in [5.74, 6) is 2.02. The Morgan fingerprint density at radius 2 is 2.19 bits per heavy atom. The monoisotopic (exact) mass is 413 g/mol. The van der Waals surface area contributed by atoms with Crippen LogP contribution in [0, 0.1) is 18.2 Å². The standard InChI is InChI=1S/C14H10Br2FN3O/c1-2-5-20-14(21)13(16)12(8-19-20)18-7-9-6-10(15)3-4-11(9)17/h1,3-4,6,8,18H,5,7H2. The van der Waals surface area contributed by atoms with Gasteiger partial charge < -0.3 is 5.32 Å². The molecule has 0 unspecified atom stereocenters. The van der Waals surface area contributed by atoms with Crippen molar-refractivity contribution in [3.05, 3.63) is 55.1 Å². The first-order chi connectivity index (χ1) is 10.0. The van der Waals surface area contributed by atoms with Crippen LogP contribution >= 0.6 is 31.9 Å². The van der Waals surface area contributed by atoms with Gasteiger partial charge in [0.15, 0.2) is 0 Å². The van der Waals surface area contributed by atoms with E-state index in [4.69, 9.17) is 6.42 Å². The van der Waals surface area contributed by atoms with Gasteiger partial charge in [-0.15, -0.1) is 6.42 Å². The molecule has 7 heteroatoms. The average Bonchev–Trinajstić information content (AvgIpc) is 2.46. The van der Waals surface area contributed by atoms with Crippen molar-refractivity contribution in [1.82, 2.24) is 9.78 Å². The second-order valence-corrected chi connectivity index (χ2v) is 5.84. The van der Waals surface area contributed by atoms with Crippen LogP contribution in [0.4, 0.5) is 10.1 Å². The molecule has 0 bridgehead atoms. The number of hydrogen-bond acceptors (Lipinski definition) is 3. The Kier molecular flexibility index (Phi) is 5.15. The van der Waals surface area contributed by atoms with E-state index in [0.717, 1.165) is 9.15 Å². The highest BCUT2D eigenvalue weighted by molar-refractivity contribution is 9.10. The molecule has 2 aromatic rings. The molecule has 0 atom stereocenters. The molecule has 1 N–H and O–H groups in total. The Bertz CT molecular complexity index is 768. The van der Waals surface area contributed by atoms with Gasteiger partial charge in [-0.1, -0.05) is 21.9 Å². The summed E-state index contributed by atoms with van der Waals surface area (Å²) < 4.78 is 15.9. The second kappa shape index (κ2) is 6.87. The molecule has 108 valence electrons. The van der Waals surface area contributed by atoms with Gasteiger partial charge in [0.25, 0.3) is 5.56 Å². The maximum atomic E-state index is 13.6. The van der Waals surface area contributed by atoms with Crippen molar-refractivity contribution in [3.8, 4) is 12.3 Å². The van der Waals surface area contributed by atoms with Crippen LogP contribution in [0.3, 0.4) is 0 Å². The Hall–Kier alpha value is -1.65. The number of halogens is 3. The zero-order valence-electron chi connectivity index (χ0n) is 10.7. The van der Waals surface area contributed by atoms with E-state index < -0.39 is 0 Å². The molecule has 0 spiro atoms. The fraction of sp³-hybridized carbons (Fsp3) is 0.143. The second-order valence-electron chi connectivity index (χ2n) is 4.13. The molecule has 4 nitrogen and oxygen atoms in total. The van der Waals surface area contributed by atoms with E-state index in [0.29, 0.717) is 15.7 Å². The first-order valence-electron chi connectivity index (χ1n) is 5.90. The molecule has 2 rings (SSSR count). The van der Waals surface area contributed by atoms with Gasteiger partial charge >= 0.3 is 0 Å². The zero-order chi connectivity index (χ0) is 15.4. The predicted molar refractivity (Wildman–Crippen MR) is 86.5 cm³/mol. The molecular formula is C14H10Br2FN3O. The highest BCUT2D eigenvalue weighted by atomic mass is 79.9. The highest BCUT2D eigenvalue weighted by Gasteiger charge is 2.09. The normalized spacial score (nSPS) is 10.2. The van der Waals surface area contributed by atoms with Gasteiger partial charge in [-0.2, -0.15) is 5.10 Å². The topological polar surface area (TPSA) is 46.9 Å². The fourth-order valence-electron chi connectivity index (χ4n) is 1.66. The van der Waals surface area contributed by atoms with E-state index in [1.807, 2.05) is 0 Å². The third-order valence-corrected chi connectivity index (χ3v) is 3.96.